The summed E-state index contributed by atoms with van der Waals surface area (Å²) in [6.07, 6.45) is 0.846. The molecule has 3 nitrogen and oxygen atoms in total. The van der Waals surface area contributed by atoms with Gasteiger partial charge in [-0.05, 0) is 29.0 Å². The summed E-state index contributed by atoms with van der Waals surface area (Å²) in [4.78, 5) is 12.4. The van der Waals surface area contributed by atoms with Gasteiger partial charge in [-0.15, -0.1) is 0 Å². The van der Waals surface area contributed by atoms with Crippen LogP contribution in [0.1, 0.15) is 51.3 Å². The van der Waals surface area contributed by atoms with Crippen LogP contribution in [0.2, 0.25) is 0 Å². The topological polar surface area (TPSA) is 41.1 Å². The summed E-state index contributed by atoms with van der Waals surface area (Å²) >= 11 is 0. The molecule has 122 valence electrons. The standard InChI is InChI=1S/C20H26N2O/c1-5-17(15-11-7-6-8-12-15)21-19(23)22-18-14-10-9-13-16(18)20(2,3)4/h6-14,17H,5H2,1-4H3,(H2,21,22,23). The van der Waals surface area contributed by atoms with Crippen LogP contribution in [0.25, 0.3) is 0 Å². The molecule has 0 heterocycles. The lowest BCUT2D eigenvalue weighted by molar-refractivity contribution is 0.248. The van der Waals surface area contributed by atoms with E-state index in [2.05, 4.69) is 44.4 Å². The van der Waals surface area contributed by atoms with Gasteiger partial charge >= 0.3 is 6.03 Å². The Morgan fingerprint density at radius 1 is 1.00 bits per heavy atom. The average Bonchev–Trinajstić information content (AvgIpc) is 2.53. The molecule has 0 saturated carbocycles. The van der Waals surface area contributed by atoms with Crippen LogP contribution in [0.5, 0.6) is 0 Å². The van der Waals surface area contributed by atoms with Gasteiger partial charge in [-0.3, -0.25) is 0 Å². The van der Waals surface area contributed by atoms with Crippen molar-refractivity contribution in [2.45, 2.75) is 45.6 Å². The van der Waals surface area contributed by atoms with Gasteiger partial charge in [-0.1, -0.05) is 76.2 Å². The third-order valence-corrected chi connectivity index (χ3v) is 3.90. The molecule has 0 radical (unpaired) electrons. The molecule has 3 heteroatoms. The normalized spacial score (nSPS) is 12.5. The monoisotopic (exact) mass is 310 g/mol. The molecule has 0 aliphatic rings. The van der Waals surface area contributed by atoms with Crippen molar-refractivity contribution in [3.63, 3.8) is 0 Å². The summed E-state index contributed by atoms with van der Waals surface area (Å²) in [6.45, 7) is 8.50. The van der Waals surface area contributed by atoms with E-state index in [4.69, 9.17) is 0 Å². The lowest BCUT2D eigenvalue weighted by atomic mass is 9.86. The van der Waals surface area contributed by atoms with Crippen LogP contribution in [-0.4, -0.2) is 6.03 Å². The van der Waals surface area contributed by atoms with Crippen LogP contribution in [0, 0.1) is 0 Å². The maximum atomic E-state index is 12.4. The fourth-order valence-electron chi connectivity index (χ4n) is 2.67. The summed E-state index contributed by atoms with van der Waals surface area (Å²) in [5, 5.41) is 6.06. The zero-order valence-electron chi connectivity index (χ0n) is 14.4. The maximum Gasteiger partial charge on any atom is 0.319 e. The zero-order chi connectivity index (χ0) is 16.9. The van der Waals surface area contributed by atoms with Gasteiger partial charge < -0.3 is 10.6 Å². The van der Waals surface area contributed by atoms with Crippen molar-refractivity contribution >= 4 is 11.7 Å². The molecule has 0 aliphatic heterocycles. The highest BCUT2D eigenvalue weighted by Crippen LogP contribution is 2.29. The molecule has 0 bridgehead atoms. The molecule has 0 aromatic heterocycles. The Morgan fingerprint density at radius 3 is 2.22 bits per heavy atom. The number of urea groups is 1. The summed E-state index contributed by atoms with van der Waals surface area (Å²) in [5.74, 6) is 0. The minimum atomic E-state index is -0.169. The molecule has 2 aromatic rings. The van der Waals surface area contributed by atoms with Crippen molar-refractivity contribution in [1.82, 2.24) is 5.32 Å². The van der Waals surface area contributed by atoms with Crippen LogP contribution in [-0.2, 0) is 5.41 Å². The van der Waals surface area contributed by atoms with E-state index in [1.165, 1.54) is 0 Å². The van der Waals surface area contributed by atoms with Crippen molar-refractivity contribution in [1.29, 1.82) is 0 Å². The van der Waals surface area contributed by atoms with Crippen LogP contribution < -0.4 is 10.6 Å². The third-order valence-electron chi connectivity index (χ3n) is 3.90. The number of hydrogen-bond donors (Lipinski definition) is 2. The largest absolute Gasteiger partial charge is 0.331 e. The fraction of sp³-hybridized carbons (Fsp3) is 0.350. The highest BCUT2D eigenvalue weighted by Gasteiger charge is 2.19. The first-order valence-corrected chi connectivity index (χ1v) is 8.13. The minimum absolute atomic E-state index is 0.0120. The van der Waals surface area contributed by atoms with E-state index >= 15 is 0 Å². The molecule has 23 heavy (non-hydrogen) atoms. The van der Waals surface area contributed by atoms with Gasteiger partial charge in [-0.2, -0.15) is 0 Å². The van der Waals surface area contributed by atoms with Crippen LogP contribution >= 0.6 is 0 Å². The van der Waals surface area contributed by atoms with E-state index in [1.807, 2.05) is 48.5 Å². The highest BCUT2D eigenvalue weighted by molar-refractivity contribution is 5.90. The van der Waals surface area contributed by atoms with Crippen LogP contribution in [0.4, 0.5) is 10.5 Å². The van der Waals surface area contributed by atoms with Crippen molar-refractivity contribution in [2.24, 2.45) is 0 Å². The molecule has 0 spiro atoms. The fourth-order valence-corrected chi connectivity index (χ4v) is 2.67. The molecule has 0 saturated heterocycles. The van der Waals surface area contributed by atoms with Gasteiger partial charge in [0.1, 0.15) is 0 Å². The second-order valence-electron chi connectivity index (χ2n) is 6.77. The van der Waals surface area contributed by atoms with E-state index in [-0.39, 0.29) is 17.5 Å². The van der Waals surface area contributed by atoms with Gasteiger partial charge in [0.25, 0.3) is 0 Å². The van der Waals surface area contributed by atoms with Crippen molar-refractivity contribution in [3.8, 4) is 0 Å². The SMILES string of the molecule is CCC(NC(=O)Nc1ccccc1C(C)(C)C)c1ccccc1. The third kappa shape index (κ3) is 4.59. The van der Waals surface area contributed by atoms with Gasteiger partial charge in [-0.25, -0.2) is 4.79 Å². The highest BCUT2D eigenvalue weighted by atomic mass is 16.2. The molecule has 2 aromatic carbocycles. The number of benzene rings is 2. The van der Waals surface area contributed by atoms with E-state index in [0.29, 0.717) is 0 Å². The Bertz CT molecular complexity index is 644. The smallest absolute Gasteiger partial charge is 0.319 e. The number of nitrogens with one attached hydrogen (secondary N) is 2. The molecule has 0 fully saturated rings. The molecular formula is C20H26N2O. The molecule has 0 aliphatic carbocycles. The summed E-state index contributed by atoms with van der Waals surface area (Å²) in [5.41, 5.74) is 3.09. The number of carbonyl (C=O) groups excluding carboxylic acids is 1. The number of anilines is 1. The van der Waals surface area contributed by atoms with Crippen molar-refractivity contribution < 1.29 is 4.79 Å². The number of carbonyl (C=O) groups is 1. The lowest BCUT2D eigenvalue weighted by Gasteiger charge is -2.24. The van der Waals surface area contributed by atoms with Crippen LogP contribution in [0.3, 0.4) is 0 Å². The van der Waals surface area contributed by atoms with Gasteiger partial charge in [0.05, 0.1) is 6.04 Å². The maximum absolute atomic E-state index is 12.4. The predicted octanol–water partition coefficient (Wildman–Crippen LogP) is 5.26. The van der Waals surface area contributed by atoms with E-state index in [1.54, 1.807) is 0 Å². The molecule has 1 unspecified atom stereocenters. The molecule has 2 amide bonds. The Kier molecular flexibility index (Phi) is 5.43. The number of hydrogen-bond acceptors (Lipinski definition) is 1. The van der Waals surface area contributed by atoms with Crippen molar-refractivity contribution in [2.75, 3.05) is 5.32 Å². The summed E-state index contributed by atoms with van der Waals surface area (Å²) in [7, 11) is 0. The van der Waals surface area contributed by atoms with E-state index < -0.39 is 0 Å². The molecular weight excluding hydrogens is 284 g/mol. The molecule has 2 rings (SSSR count). The first-order valence-electron chi connectivity index (χ1n) is 8.13. The predicted molar refractivity (Wildman–Crippen MR) is 96.8 cm³/mol. The number of rotatable bonds is 4. The van der Waals surface area contributed by atoms with Crippen molar-refractivity contribution in [3.05, 3.63) is 65.7 Å². The zero-order valence-corrected chi connectivity index (χ0v) is 14.4. The van der Waals surface area contributed by atoms with Crippen LogP contribution in [0.15, 0.2) is 54.6 Å². The second kappa shape index (κ2) is 7.32. The Labute approximate surface area is 139 Å². The summed E-state index contributed by atoms with van der Waals surface area (Å²) in [6, 6.07) is 17.8. The van der Waals surface area contributed by atoms with E-state index in [0.717, 1.165) is 23.2 Å². The van der Waals surface area contributed by atoms with Gasteiger partial charge in [0, 0.05) is 5.69 Å². The van der Waals surface area contributed by atoms with E-state index in [9.17, 15) is 4.79 Å². The molecule has 2 N–H and O–H groups in total. The average molecular weight is 310 g/mol. The summed E-state index contributed by atoms with van der Waals surface area (Å²) < 4.78 is 0. The Hall–Kier alpha value is -2.29. The molecule has 1 atom stereocenters. The number of para-hydroxylation sites is 1. The first-order chi connectivity index (χ1) is 10.9. The number of amides is 2. The first kappa shape index (κ1) is 17.1. The second-order valence-corrected chi connectivity index (χ2v) is 6.77. The lowest BCUT2D eigenvalue weighted by Crippen LogP contribution is -2.33. The Morgan fingerprint density at radius 2 is 1.61 bits per heavy atom. The minimum Gasteiger partial charge on any atom is -0.331 e. The quantitative estimate of drug-likeness (QED) is 0.795. The van der Waals surface area contributed by atoms with Gasteiger partial charge in [0.2, 0.25) is 0 Å². The Balaban J connectivity index is 2.11. The van der Waals surface area contributed by atoms with Gasteiger partial charge in [0.15, 0.2) is 0 Å².